The van der Waals surface area contributed by atoms with Gasteiger partial charge in [0.05, 0.1) is 17.3 Å². The molecule has 84 valence electrons. The number of aryl methyl sites for hydroxylation is 1. The predicted molar refractivity (Wildman–Crippen MR) is 69.8 cm³/mol. The second kappa shape index (κ2) is 5.00. The van der Waals surface area contributed by atoms with Crippen molar-refractivity contribution in [2.75, 3.05) is 0 Å². The van der Waals surface area contributed by atoms with Gasteiger partial charge in [-0.05, 0) is 24.6 Å². The molecule has 1 aromatic heterocycles. The predicted octanol–water partition coefficient (Wildman–Crippen LogP) is 1.45. The summed E-state index contributed by atoms with van der Waals surface area (Å²) in [6, 6.07) is 13.3. The van der Waals surface area contributed by atoms with Gasteiger partial charge in [-0.2, -0.15) is 0 Å². The maximum absolute atomic E-state index is 11.8. The first kappa shape index (κ1) is 12.9. The molecule has 0 amide bonds. The Morgan fingerprint density at radius 1 is 1.11 bits per heavy atom. The number of hydrogen-bond acceptors (Lipinski definition) is 1. The van der Waals surface area contributed by atoms with Crippen molar-refractivity contribution in [3.05, 3.63) is 54.2 Å². The van der Waals surface area contributed by atoms with Gasteiger partial charge in [0, 0.05) is 6.07 Å². The number of fused-ring (bicyclic) bond motifs is 1. The summed E-state index contributed by atoms with van der Waals surface area (Å²) < 4.78 is 1.78. The van der Waals surface area contributed by atoms with Gasteiger partial charge in [-0.25, -0.2) is 0 Å². The number of benzene rings is 2. The third-order valence-electron chi connectivity index (χ3n) is 2.84. The van der Waals surface area contributed by atoms with E-state index in [0.29, 0.717) is 5.69 Å². The van der Waals surface area contributed by atoms with Crippen LogP contribution in [0.4, 0.5) is 0 Å². The van der Waals surface area contributed by atoms with E-state index < -0.39 is 0 Å². The maximum Gasteiger partial charge on any atom is 2.00 e. The molecule has 18 heavy (non-hydrogen) atoms. The average molecular weight is 249 g/mol. The van der Waals surface area contributed by atoms with Gasteiger partial charge in [0.2, 0.25) is 5.52 Å². The summed E-state index contributed by atoms with van der Waals surface area (Å²) in [4.78, 5) is 0. The number of nitrogens with zero attached hydrogens (tertiary/aromatic N) is 1. The molecular weight excluding hydrogens is 236 g/mol. The quantitative estimate of drug-likeness (QED) is 0.601. The summed E-state index contributed by atoms with van der Waals surface area (Å²) in [6.07, 6.45) is 1.94. The van der Waals surface area contributed by atoms with Crippen molar-refractivity contribution >= 4 is 34.0 Å². The van der Waals surface area contributed by atoms with Crippen molar-refractivity contribution in [3.63, 3.8) is 0 Å². The van der Waals surface area contributed by atoms with Gasteiger partial charge < -0.3 is 5.11 Å². The minimum Gasteiger partial charge on any atom is -0.871 e. The van der Waals surface area contributed by atoms with Gasteiger partial charge in [-0.15, -0.1) is 9.78 Å². The number of para-hydroxylation sites is 1. The van der Waals surface area contributed by atoms with Crippen LogP contribution in [0.15, 0.2) is 48.7 Å². The van der Waals surface area contributed by atoms with Crippen LogP contribution in [0.2, 0.25) is 0 Å². The van der Waals surface area contributed by atoms with Gasteiger partial charge in [-0.3, -0.25) is 0 Å². The topological polar surface area (TPSA) is 42.1 Å². The van der Waals surface area contributed by atoms with Crippen LogP contribution >= 0.6 is 0 Å². The van der Waals surface area contributed by atoms with Crippen molar-refractivity contribution < 1.29 is 10.2 Å². The fourth-order valence-corrected chi connectivity index (χ4v) is 1.96. The Hall–Kier alpha value is -1.52. The molecule has 3 rings (SSSR count). The number of aromatic nitrogens is 2. The molecule has 3 nitrogen and oxygen atoms in total. The SMILES string of the molecule is Cc1ccc([O-])c(-n2cc3ccccc3[nH+]2)c1.[Mg+2]. The van der Waals surface area contributed by atoms with Gasteiger partial charge in [0.1, 0.15) is 0 Å². The molecule has 0 spiro atoms. The van der Waals surface area contributed by atoms with E-state index in [1.807, 2.05) is 49.5 Å². The zero-order valence-corrected chi connectivity index (χ0v) is 11.6. The summed E-state index contributed by atoms with van der Waals surface area (Å²) >= 11 is 0. The standard InChI is InChI=1S/C14H12N2O.Mg/c1-10-6-7-14(17)13(8-10)16-9-11-4-2-3-5-12(11)15-16;/h2-9,17H,1H3;/q;+2. The average Bonchev–Trinajstić information content (AvgIpc) is 2.75. The van der Waals surface area contributed by atoms with Crippen LogP contribution in [-0.4, -0.2) is 27.7 Å². The van der Waals surface area contributed by atoms with Crippen LogP contribution in [0.1, 0.15) is 5.56 Å². The number of hydrogen-bond donors (Lipinski definition) is 0. The van der Waals surface area contributed by atoms with Gasteiger partial charge >= 0.3 is 23.1 Å². The molecule has 0 aliphatic heterocycles. The first-order valence-corrected chi connectivity index (χ1v) is 5.51. The number of aromatic amines is 1. The van der Waals surface area contributed by atoms with E-state index in [2.05, 4.69) is 5.10 Å². The van der Waals surface area contributed by atoms with Gasteiger partial charge in [0.15, 0.2) is 0 Å². The molecule has 0 fully saturated rings. The Balaban J connectivity index is 0.00000120. The third-order valence-corrected chi connectivity index (χ3v) is 2.84. The van der Waals surface area contributed by atoms with Gasteiger partial charge in [-0.1, -0.05) is 30.0 Å². The summed E-state index contributed by atoms with van der Waals surface area (Å²) in [5.74, 6) is 0.0205. The van der Waals surface area contributed by atoms with Crippen LogP contribution in [0.3, 0.4) is 0 Å². The number of H-pyrrole nitrogens is 1. The molecule has 0 unspecified atom stereocenters. The zero-order valence-electron chi connectivity index (χ0n) is 10.2. The van der Waals surface area contributed by atoms with Crippen LogP contribution < -0.4 is 10.2 Å². The molecule has 1 heterocycles. The van der Waals surface area contributed by atoms with Crippen molar-refractivity contribution in [3.8, 4) is 11.4 Å². The molecule has 0 aliphatic carbocycles. The molecule has 0 radical (unpaired) electrons. The first-order chi connectivity index (χ1) is 8.24. The van der Waals surface area contributed by atoms with Crippen molar-refractivity contribution in [1.29, 1.82) is 0 Å². The summed E-state index contributed by atoms with van der Waals surface area (Å²) in [5.41, 5.74) is 2.75. The molecule has 3 aromatic rings. The summed E-state index contributed by atoms with van der Waals surface area (Å²) in [5, 5.41) is 16.1. The van der Waals surface area contributed by atoms with Crippen molar-refractivity contribution in [2.45, 2.75) is 6.92 Å². The largest absolute Gasteiger partial charge is 2.00 e. The van der Waals surface area contributed by atoms with Crippen molar-refractivity contribution in [1.82, 2.24) is 4.68 Å². The number of nitrogens with one attached hydrogen (secondary N) is 1. The zero-order chi connectivity index (χ0) is 11.8. The second-order valence-electron chi connectivity index (χ2n) is 4.17. The van der Waals surface area contributed by atoms with Crippen LogP contribution in [-0.2, 0) is 0 Å². The molecule has 0 aliphatic rings. The summed E-state index contributed by atoms with van der Waals surface area (Å²) in [6.45, 7) is 1.98. The van der Waals surface area contributed by atoms with E-state index in [0.717, 1.165) is 16.5 Å². The smallest absolute Gasteiger partial charge is 0.871 e. The van der Waals surface area contributed by atoms with Crippen LogP contribution in [0.25, 0.3) is 16.6 Å². The van der Waals surface area contributed by atoms with E-state index in [-0.39, 0.29) is 28.8 Å². The molecule has 0 atom stereocenters. The number of rotatable bonds is 1. The van der Waals surface area contributed by atoms with Crippen LogP contribution in [0, 0.1) is 6.92 Å². The van der Waals surface area contributed by atoms with Gasteiger partial charge in [0.25, 0.3) is 0 Å². The van der Waals surface area contributed by atoms with Crippen molar-refractivity contribution in [2.24, 2.45) is 0 Å². The first-order valence-electron chi connectivity index (χ1n) is 5.51. The van der Waals surface area contributed by atoms with E-state index >= 15 is 0 Å². The fourth-order valence-electron chi connectivity index (χ4n) is 1.96. The Labute approximate surface area is 121 Å². The molecular formula is C14H12MgN2O+2. The van der Waals surface area contributed by atoms with E-state index in [1.165, 1.54) is 0 Å². The normalized spacial score (nSPS) is 10.3. The minimum absolute atomic E-state index is 0. The monoisotopic (exact) mass is 248 g/mol. The Morgan fingerprint density at radius 3 is 2.67 bits per heavy atom. The molecule has 0 saturated heterocycles. The van der Waals surface area contributed by atoms with E-state index in [1.54, 1.807) is 10.7 Å². The Bertz CT molecular complexity index is 658. The third kappa shape index (κ3) is 2.21. The molecule has 2 aromatic carbocycles. The fraction of sp³-hybridized carbons (Fsp3) is 0.0714. The Kier molecular flexibility index (Phi) is 3.59. The molecule has 0 bridgehead atoms. The van der Waals surface area contributed by atoms with Crippen LogP contribution in [0.5, 0.6) is 5.75 Å². The minimum atomic E-state index is 0. The molecule has 1 N–H and O–H groups in total. The summed E-state index contributed by atoms with van der Waals surface area (Å²) in [7, 11) is 0. The maximum atomic E-state index is 11.8. The Morgan fingerprint density at radius 2 is 1.89 bits per heavy atom. The van der Waals surface area contributed by atoms with E-state index in [9.17, 15) is 5.11 Å². The second-order valence-corrected chi connectivity index (χ2v) is 4.17. The molecule has 4 heteroatoms. The van der Waals surface area contributed by atoms with E-state index in [4.69, 9.17) is 0 Å². The molecule has 0 saturated carbocycles.